The molecule has 0 bridgehead atoms. The lowest BCUT2D eigenvalue weighted by Gasteiger charge is -2.28. The van der Waals surface area contributed by atoms with Crippen molar-refractivity contribution in [3.63, 3.8) is 0 Å². The second kappa shape index (κ2) is 14.6. The van der Waals surface area contributed by atoms with Gasteiger partial charge in [-0.3, -0.25) is 4.21 Å². The van der Waals surface area contributed by atoms with Gasteiger partial charge in [0.25, 0.3) is 0 Å². The van der Waals surface area contributed by atoms with Crippen LogP contribution in [-0.4, -0.2) is 38.6 Å². The van der Waals surface area contributed by atoms with E-state index in [9.17, 15) is 4.21 Å². The molecule has 0 aromatic carbocycles. The van der Waals surface area contributed by atoms with Crippen LogP contribution in [-0.2, 0) is 24.0 Å². The molecule has 0 aromatic rings. The first-order valence-corrected chi connectivity index (χ1v) is 14.4. The van der Waals surface area contributed by atoms with Crippen LogP contribution in [0.4, 0.5) is 0 Å². The molecule has 19 heavy (non-hydrogen) atoms. The predicted octanol–water partition coefficient (Wildman–Crippen LogP) is 3.96. The van der Waals surface area contributed by atoms with Gasteiger partial charge in [-0.2, -0.15) is 0 Å². The first-order valence-electron chi connectivity index (χ1n) is 6.11. The molecule has 0 aliphatic heterocycles. The Morgan fingerprint density at radius 2 is 1.58 bits per heavy atom. The maximum Gasteiger partial charge on any atom is 0.500 e. The van der Waals surface area contributed by atoms with Crippen molar-refractivity contribution in [2.75, 3.05) is 25.6 Å². The van der Waals surface area contributed by atoms with E-state index in [-0.39, 0.29) is 10.7 Å². The quantitative estimate of drug-likeness (QED) is 0.210. The smallest absolute Gasteiger partial charge is 0.374 e. The van der Waals surface area contributed by atoms with Crippen molar-refractivity contribution in [3.8, 4) is 0 Å². The Labute approximate surface area is 135 Å². The molecule has 0 aliphatic rings. The second-order valence-electron chi connectivity index (χ2n) is 3.19. The minimum Gasteiger partial charge on any atom is -0.374 e. The zero-order chi connectivity index (χ0) is 14.4. The second-order valence-corrected chi connectivity index (χ2v) is 13.3. The van der Waals surface area contributed by atoms with Crippen molar-refractivity contribution in [2.45, 2.75) is 33.2 Å². The number of rotatable bonds is 14. The van der Waals surface area contributed by atoms with Crippen molar-refractivity contribution in [1.29, 1.82) is 0 Å². The molecule has 0 spiro atoms. The highest BCUT2D eigenvalue weighted by molar-refractivity contribution is 9.33. The van der Waals surface area contributed by atoms with Gasteiger partial charge in [-0.1, -0.05) is 10.8 Å². The van der Waals surface area contributed by atoms with Crippen molar-refractivity contribution >= 4 is 59.8 Å². The van der Waals surface area contributed by atoms with Gasteiger partial charge in [-0.05, 0) is 37.0 Å². The molecule has 10 heteroatoms. The largest absolute Gasteiger partial charge is 0.500 e. The summed E-state index contributed by atoms with van der Waals surface area (Å²) in [5, 5.41) is 0. The van der Waals surface area contributed by atoms with Crippen LogP contribution in [0.1, 0.15) is 27.2 Å². The average Bonchev–Trinajstić information content (AvgIpc) is 2.39. The zero-order valence-corrected chi connectivity index (χ0v) is 16.6. The Bertz CT molecular complexity index is 208. The van der Waals surface area contributed by atoms with E-state index >= 15 is 0 Å². The molecule has 0 rings (SSSR count). The van der Waals surface area contributed by atoms with Crippen molar-refractivity contribution in [2.24, 2.45) is 0 Å². The fourth-order valence-electron chi connectivity index (χ4n) is 1.43. The minimum atomic E-state index is -2.46. The normalized spacial score (nSPS) is 11.9. The summed E-state index contributed by atoms with van der Waals surface area (Å²) in [4.78, 5) is 0. The van der Waals surface area contributed by atoms with E-state index in [1.807, 2.05) is 20.8 Å². The summed E-state index contributed by atoms with van der Waals surface area (Å²) in [6, 6.07) is 0.855. The molecule has 0 amide bonds. The third-order valence-electron chi connectivity index (χ3n) is 1.94. The van der Waals surface area contributed by atoms with Crippen LogP contribution in [0, 0.1) is 0 Å². The summed E-state index contributed by atoms with van der Waals surface area (Å²) in [7, 11) is 3.91. The van der Waals surface area contributed by atoms with Gasteiger partial charge in [0.15, 0.2) is 0 Å². The van der Waals surface area contributed by atoms with Crippen LogP contribution in [0.25, 0.3) is 0 Å². The molecule has 0 unspecified atom stereocenters. The summed E-state index contributed by atoms with van der Waals surface area (Å²) in [6.07, 6.45) is 1.00. The molecule has 4 nitrogen and oxygen atoms in total. The highest BCUT2D eigenvalue weighted by Crippen LogP contribution is 2.42. The lowest BCUT2D eigenvalue weighted by atomic mass is 10.6. The van der Waals surface area contributed by atoms with Gasteiger partial charge in [0.2, 0.25) is 0 Å². The maximum atomic E-state index is 10.2. The fraction of sp³-hybridized carbons (Fsp3) is 1.00. The maximum absolute atomic E-state index is 10.2. The van der Waals surface area contributed by atoms with Crippen LogP contribution in [0.5, 0.6) is 0 Å². The van der Waals surface area contributed by atoms with Crippen molar-refractivity contribution in [1.82, 2.24) is 0 Å². The van der Waals surface area contributed by atoms with Crippen molar-refractivity contribution in [3.05, 3.63) is 0 Å². The van der Waals surface area contributed by atoms with Gasteiger partial charge in [-0.15, -0.1) is 0 Å². The summed E-state index contributed by atoms with van der Waals surface area (Å²) >= 11 is 0. The predicted molar refractivity (Wildman–Crippen MR) is 94.8 cm³/mol. The monoisotopic (exact) mass is 382 g/mol. The summed E-state index contributed by atoms with van der Waals surface area (Å²) in [5.41, 5.74) is 0. The number of thiol groups is 1. The molecule has 0 saturated carbocycles. The third kappa shape index (κ3) is 10.9. The lowest BCUT2D eigenvalue weighted by Crippen LogP contribution is -2.46. The number of hydrogen-bond donors (Lipinski definition) is 1. The average molecular weight is 383 g/mol. The standard InChI is InChI=1S/C9H22O4S5Si/c1-4-11-19(12-5-2,13-6-3)9-7-8-14-16-18-17-15-10/h15H,4-9H2,1-3H3. The Kier molecular flexibility index (Phi) is 15.8. The van der Waals surface area contributed by atoms with Crippen LogP contribution in [0.15, 0.2) is 0 Å². The SMILES string of the molecule is CCO[Si](CCCSSSS[SH]=O)(OCC)OCC. The summed E-state index contributed by atoms with van der Waals surface area (Å²) < 4.78 is 27.6. The first kappa shape index (κ1) is 20.6. The van der Waals surface area contributed by atoms with Gasteiger partial charge in [0, 0.05) is 51.3 Å². The van der Waals surface area contributed by atoms with Gasteiger partial charge >= 0.3 is 8.80 Å². The van der Waals surface area contributed by atoms with Gasteiger partial charge in [0.1, 0.15) is 0 Å². The van der Waals surface area contributed by atoms with E-state index < -0.39 is 8.80 Å². The Morgan fingerprint density at radius 3 is 2.05 bits per heavy atom. The van der Waals surface area contributed by atoms with Crippen LogP contribution in [0.2, 0.25) is 6.04 Å². The molecule has 0 atom stereocenters. The zero-order valence-electron chi connectivity index (χ0n) is 11.5. The molecule has 0 radical (unpaired) electrons. The highest BCUT2D eigenvalue weighted by atomic mass is 33.8. The van der Waals surface area contributed by atoms with E-state index in [4.69, 9.17) is 13.3 Å². The molecular weight excluding hydrogens is 361 g/mol. The minimum absolute atomic E-state index is 0.117. The molecule has 0 fully saturated rings. The van der Waals surface area contributed by atoms with Crippen LogP contribution in [0.3, 0.4) is 0 Å². The Balaban J connectivity index is 3.92. The Hall–Kier alpha value is 1.65. The molecule has 116 valence electrons. The third-order valence-corrected chi connectivity index (χ3v) is 12.7. The van der Waals surface area contributed by atoms with E-state index in [0.29, 0.717) is 19.8 Å². The van der Waals surface area contributed by atoms with Gasteiger partial charge < -0.3 is 13.3 Å². The first-order chi connectivity index (χ1) is 9.24. The summed E-state index contributed by atoms with van der Waals surface area (Å²) in [5.74, 6) is 1.01. The molecule has 0 aliphatic carbocycles. The topological polar surface area (TPSA) is 44.8 Å². The molecule has 0 aromatic heterocycles. The highest BCUT2D eigenvalue weighted by Gasteiger charge is 2.39. The molecule has 0 saturated heterocycles. The van der Waals surface area contributed by atoms with Gasteiger partial charge in [-0.25, -0.2) is 0 Å². The number of hydrogen-bond acceptors (Lipinski definition) is 8. The molecule has 0 heterocycles. The van der Waals surface area contributed by atoms with E-state index in [0.717, 1.165) is 18.2 Å². The van der Waals surface area contributed by atoms with E-state index in [1.165, 1.54) is 19.7 Å². The van der Waals surface area contributed by atoms with Crippen LogP contribution >= 0.6 is 40.3 Å². The summed E-state index contributed by atoms with van der Waals surface area (Å²) in [6.45, 7) is 7.80. The molecular formula is C9H22O4S5Si. The van der Waals surface area contributed by atoms with Crippen molar-refractivity contribution < 1.29 is 17.5 Å². The molecule has 0 N–H and O–H groups in total. The van der Waals surface area contributed by atoms with E-state index in [2.05, 4.69) is 0 Å². The van der Waals surface area contributed by atoms with Gasteiger partial charge in [0.05, 0.1) is 10.7 Å². The lowest BCUT2D eigenvalue weighted by molar-refractivity contribution is 0.0712. The fourth-order valence-corrected chi connectivity index (χ4v) is 11.4. The van der Waals surface area contributed by atoms with E-state index in [1.54, 1.807) is 20.6 Å². The Morgan fingerprint density at radius 1 is 1.00 bits per heavy atom. The van der Waals surface area contributed by atoms with Crippen LogP contribution < -0.4 is 0 Å².